The minimum absolute atomic E-state index is 0.00607. The van der Waals surface area contributed by atoms with Crippen molar-refractivity contribution in [3.63, 3.8) is 0 Å². The van der Waals surface area contributed by atoms with Crippen LogP contribution in [0.4, 0.5) is 4.39 Å². The molecular formula is C26H22ClFN4OS. The Kier molecular flexibility index (Phi) is 6.22. The number of halogens is 2. The number of fused-ring (bicyclic) bond motifs is 1. The summed E-state index contributed by atoms with van der Waals surface area (Å²) in [5, 5.41) is 11.0. The highest BCUT2D eigenvalue weighted by molar-refractivity contribution is 7.10. The molecule has 5 nitrogen and oxygen atoms in total. The van der Waals surface area contributed by atoms with Crippen LogP contribution in [0, 0.1) is 12.7 Å². The number of rotatable bonds is 7. The minimum atomic E-state index is -0.304. The fourth-order valence-corrected chi connectivity index (χ4v) is 5.36. The number of aromatic amines is 1. The molecule has 8 heteroatoms. The fourth-order valence-electron chi connectivity index (χ4n) is 4.20. The van der Waals surface area contributed by atoms with E-state index in [0.717, 1.165) is 22.0 Å². The van der Waals surface area contributed by atoms with Gasteiger partial charge in [-0.2, -0.15) is 5.10 Å². The zero-order valence-corrected chi connectivity index (χ0v) is 20.0. The first-order valence-corrected chi connectivity index (χ1v) is 12.1. The molecule has 0 radical (unpaired) electrons. The van der Waals surface area contributed by atoms with Crippen LogP contribution in [-0.4, -0.2) is 27.2 Å². The van der Waals surface area contributed by atoms with Crippen LogP contribution in [0.1, 0.15) is 38.0 Å². The highest BCUT2D eigenvalue weighted by Gasteiger charge is 2.24. The van der Waals surface area contributed by atoms with Crippen molar-refractivity contribution in [1.29, 1.82) is 0 Å². The van der Waals surface area contributed by atoms with Gasteiger partial charge in [-0.25, -0.2) is 9.07 Å². The van der Waals surface area contributed by atoms with E-state index in [0.29, 0.717) is 24.3 Å². The van der Waals surface area contributed by atoms with Crippen LogP contribution in [0.3, 0.4) is 0 Å². The molecule has 5 aromatic rings. The van der Waals surface area contributed by atoms with E-state index in [4.69, 9.17) is 11.6 Å². The van der Waals surface area contributed by atoms with E-state index in [1.165, 1.54) is 17.0 Å². The molecule has 1 amide bonds. The maximum absolute atomic E-state index is 13.2. The van der Waals surface area contributed by atoms with Crippen molar-refractivity contribution >= 4 is 39.7 Å². The summed E-state index contributed by atoms with van der Waals surface area (Å²) >= 11 is 8.22. The quantitative estimate of drug-likeness (QED) is 0.287. The molecule has 172 valence electrons. The van der Waals surface area contributed by atoms with Crippen molar-refractivity contribution in [1.82, 2.24) is 20.1 Å². The van der Waals surface area contributed by atoms with Crippen LogP contribution in [-0.2, 0) is 6.54 Å². The van der Waals surface area contributed by atoms with Crippen LogP contribution in [0.15, 0.2) is 72.2 Å². The van der Waals surface area contributed by atoms with E-state index >= 15 is 0 Å². The van der Waals surface area contributed by atoms with E-state index < -0.39 is 0 Å². The Hall–Kier alpha value is -3.42. The predicted octanol–water partition coefficient (Wildman–Crippen LogP) is 6.14. The first-order valence-electron chi connectivity index (χ1n) is 10.9. The molecule has 34 heavy (non-hydrogen) atoms. The number of benzene rings is 2. The summed E-state index contributed by atoms with van der Waals surface area (Å²) in [6.45, 7) is 2.53. The van der Waals surface area contributed by atoms with E-state index in [1.807, 2.05) is 35.8 Å². The number of thiophene rings is 1. The van der Waals surface area contributed by atoms with Crippen molar-refractivity contribution in [2.24, 2.45) is 0 Å². The Balaban J connectivity index is 1.38. The Morgan fingerprint density at radius 3 is 2.74 bits per heavy atom. The van der Waals surface area contributed by atoms with Crippen LogP contribution >= 0.6 is 22.9 Å². The van der Waals surface area contributed by atoms with E-state index in [-0.39, 0.29) is 22.8 Å². The van der Waals surface area contributed by atoms with Crippen LogP contribution < -0.4 is 5.32 Å². The second kappa shape index (κ2) is 9.44. The van der Waals surface area contributed by atoms with Crippen LogP contribution in [0.5, 0.6) is 0 Å². The Morgan fingerprint density at radius 2 is 1.97 bits per heavy atom. The molecule has 5 rings (SSSR count). The predicted molar refractivity (Wildman–Crippen MR) is 134 cm³/mol. The molecule has 0 saturated carbocycles. The normalized spacial score (nSPS) is 12.2. The van der Waals surface area contributed by atoms with Gasteiger partial charge in [0.2, 0.25) is 0 Å². The lowest BCUT2D eigenvalue weighted by atomic mass is 9.96. The van der Waals surface area contributed by atoms with Gasteiger partial charge in [0, 0.05) is 34.4 Å². The Bertz CT molecular complexity index is 1440. The number of carbonyl (C=O) groups is 1. The van der Waals surface area contributed by atoms with Gasteiger partial charge in [-0.05, 0) is 47.7 Å². The van der Waals surface area contributed by atoms with Crippen molar-refractivity contribution < 1.29 is 9.18 Å². The lowest BCUT2D eigenvalue weighted by Gasteiger charge is -2.16. The Labute approximate surface area is 205 Å². The lowest BCUT2D eigenvalue weighted by molar-refractivity contribution is 0.0952. The number of hydrogen-bond acceptors (Lipinski definition) is 3. The number of nitrogens with one attached hydrogen (secondary N) is 2. The Morgan fingerprint density at radius 1 is 1.18 bits per heavy atom. The number of amides is 1. The van der Waals surface area contributed by atoms with Gasteiger partial charge < -0.3 is 10.3 Å². The molecule has 0 aliphatic rings. The monoisotopic (exact) mass is 492 g/mol. The van der Waals surface area contributed by atoms with Crippen molar-refractivity contribution in [2.75, 3.05) is 6.54 Å². The number of para-hydroxylation sites is 1. The lowest BCUT2D eigenvalue weighted by Crippen LogP contribution is -2.29. The third-order valence-electron chi connectivity index (χ3n) is 5.89. The smallest absolute Gasteiger partial charge is 0.256 e. The largest absolute Gasteiger partial charge is 0.361 e. The summed E-state index contributed by atoms with van der Waals surface area (Å²) in [5.74, 6) is -0.579. The van der Waals surface area contributed by atoms with Gasteiger partial charge in [-0.15, -0.1) is 11.3 Å². The van der Waals surface area contributed by atoms with Crippen LogP contribution in [0.2, 0.25) is 5.15 Å². The summed E-state index contributed by atoms with van der Waals surface area (Å²) in [5.41, 5.74) is 3.94. The second-order valence-corrected chi connectivity index (χ2v) is 9.44. The summed E-state index contributed by atoms with van der Waals surface area (Å²) in [6, 6.07) is 18.4. The van der Waals surface area contributed by atoms with E-state index in [9.17, 15) is 9.18 Å². The van der Waals surface area contributed by atoms with Gasteiger partial charge in [0.05, 0.1) is 17.8 Å². The number of carbonyl (C=O) groups excluding carboxylic acids is 1. The zero-order valence-electron chi connectivity index (χ0n) is 18.4. The number of aromatic nitrogens is 3. The standard InChI is InChI=1S/C26H22ClFN4OS/c1-16-24(25(27)32(31-16)15-17-8-10-18(28)11-9-17)26(33)30-14-21(23-7-4-12-34-23)20-13-29-22-6-3-2-5-19(20)22/h2-13,21,29H,14-15H2,1H3,(H,30,33). The van der Waals surface area contributed by atoms with Gasteiger partial charge in [0.1, 0.15) is 11.0 Å². The van der Waals surface area contributed by atoms with Gasteiger partial charge >= 0.3 is 0 Å². The molecule has 0 fully saturated rings. The van der Waals surface area contributed by atoms with Crippen molar-refractivity contribution in [3.05, 3.63) is 110 Å². The molecule has 3 heterocycles. The molecule has 0 saturated heterocycles. The summed E-state index contributed by atoms with van der Waals surface area (Å²) < 4.78 is 14.8. The van der Waals surface area contributed by atoms with Crippen molar-refractivity contribution in [3.8, 4) is 0 Å². The van der Waals surface area contributed by atoms with Gasteiger partial charge in [0.25, 0.3) is 5.91 Å². The molecule has 3 aromatic heterocycles. The first-order chi connectivity index (χ1) is 16.5. The maximum Gasteiger partial charge on any atom is 0.256 e. The molecule has 1 atom stereocenters. The molecule has 0 spiro atoms. The highest BCUT2D eigenvalue weighted by atomic mass is 35.5. The van der Waals surface area contributed by atoms with E-state index in [1.54, 1.807) is 35.1 Å². The summed E-state index contributed by atoms with van der Waals surface area (Å²) in [7, 11) is 0. The molecule has 0 bridgehead atoms. The molecule has 2 aromatic carbocycles. The number of H-pyrrole nitrogens is 1. The number of hydrogen-bond donors (Lipinski definition) is 2. The summed E-state index contributed by atoms with van der Waals surface area (Å²) in [6.07, 6.45) is 2.01. The average molecular weight is 493 g/mol. The van der Waals surface area contributed by atoms with Gasteiger partial charge in [0.15, 0.2) is 0 Å². The molecular weight excluding hydrogens is 471 g/mol. The van der Waals surface area contributed by atoms with Crippen molar-refractivity contribution in [2.45, 2.75) is 19.4 Å². The third-order valence-corrected chi connectivity index (χ3v) is 7.26. The van der Waals surface area contributed by atoms with Crippen LogP contribution in [0.25, 0.3) is 10.9 Å². The topological polar surface area (TPSA) is 62.7 Å². The third kappa shape index (κ3) is 4.36. The van der Waals surface area contributed by atoms with Gasteiger partial charge in [-0.3, -0.25) is 4.79 Å². The number of nitrogens with zero attached hydrogens (tertiary/aromatic N) is 2. The van der Waals surface area contributed by atoms with Gasteiger partial charge in [-0.1, -0.05) is 48.0 Å². The second-order valence-electron chi connectivity index (χ2n) is 8.10. The maximum atomic E-state index is 13.2. The molecule has 0 aliphatic carbocycles. The first kappa shape index (κ1) is 22.4. The SMILES string of the molecule is Cc1nn(Cc2ccc(F)cc2)c(Cl)c1C(=O)NCC(c1cccs1)c1c[nH]c2ccccc12. The minimum Gasteiger partial charge on any atom is -0.361 e. The number of aryl methyl sites for hydroxylation is 1. The zero-order chi connectivity index (χ0) is 23.7. The average Bonchev–Trinajstić information content (AvgIpc) is 3.56. The molecule has 1 unspecified atom stereocenters. The highest BCUT2D eigenvalue weighted by Crippen LogP contribution is 2.33. The molecule has 2 N–H and O–H groups in total. The molecule has 0 aliphatic heterocycles. The van der Waals surface area contributed by atoms with E-state index in [2.05, 4.69) is 27.5 Å². The fraction of sp³-hybridized carbons (Fsp3) is 0.154. The summed E-state index contributed by atoms with van der Waals surface area (Å²) in [4.78, 5) is 17.7.